The van der Waals surface area contributed by atoms with Gasteiger partial charge >= 0.3 is 6.18 Å². The molecule has 0 saturated carbocycles. The van der Waals surface area contributed by atoms with Gasteiger partial charge in [-0.1, -0.05) is 24.3 Å². The molecule has 0 atom stereocenters. The van der Waals surface area contributed by atoms with Gasteiger partial charge in [-0.05, 0) is 47.5 Å². The van der Waals surface area contributed by atoms with Crippen molar-refractivity contribution in [1.82, 2.24) is 14.4 Å². The number of rotatable bonds is 9. The minimum absolute atomic E-state index is 0.369. The zero-order valence-corrected chi connectivity index (χ0v) is 19.5. The largest absolute Gasteiger partial charge is 0.416 e. The molecule has 184 valence electrons. The van der Waals surface area contributed by atoms with Gasteiger partial charge in [0.1, 0.15) is 0 Å². The van der Waals surface area contributed by atoms with Crippen LogP contribution in [0.25, 0.3) is 0 Å². The van der Waals surface area contributed by atoms with Gasteiger partial charge in [-0.2, -0.15) is 18.4 Å². The maximum Gasteiger partial charge on any atom is 0.416 e. The average molecular weight is 483 g/mol. The van der Waals surface area contributed by atoms with Crippen LogP contribution in [0.1, 0.15) is 27.9 Å². The fourth-order valence-electron chi connectivity index (χ4n) is 4.34. The van der Waals surface area contributed by atoms with Crippen LogP contribution in [0.2, 0.25) is 0 Å². The molecular formula is C27H29F3N4O. The van der Waals surface area contributed by atoms with Gasteiger partial charge in [-0.3, -0.25) is 9.80 Å². The second kappa shape index (κ2) is 11.5. The first-order valence-corrected chi connectivity index (χ1v) is 11.7. The maximum atomic E-state index is 13.2. The van der Waals surface area contributed by atoms with Crippen LogP contribution in [-0.4, -0.2) is 53.8 Å². The topological polar surface area (TPSA) is 44.4 Å². The standard InChI is InChI=1S/C27H29F3N4O/c28-27(29,30)25-7-2-6-24(17-25)20-34-9-3-8-26(34)21-33(11-10-32-12-14-35-15-13-32)19-23-5-1-4-22(16-23)18-31/h1-9,16-17H,10-15,19-21H2. The van der Waals surface area contributed by atoms with Gasteiger partial charge in [-0.25, -0.2) is 0 Å². The maximum absolute atomic E-state index is 13.2. The number of halogens is 3. The first-order valence-electron chi connectivity index (χ1n) is 11.7. The molecule has 1 fully saturated rings. The summed E-state index contributed by atoms with van der Waals surface area (Å²) in [6.07, 6.45) is -2.45. The lowest BCUT2D eigenvalue weighted by molar-refractivity contribution is -0.137. The van der Waals surface area contributed by atoms with E-state index in [4.69, 9.17) is 4.74 Å². The van der Waals surface area contributed by atoms with E-state index in [1.165, 1.54) is 12.1 Å². The van der Waals surface area contributed by atoms with Crippen molar-refractivity contribution in [1.29, 1.82) is 5.26 Å². The van der Waals surface area contributed by atoms with Crippen molar-refractivity contribution in [3.8, 4) is 6.07 Å². The monoisotopic (exact) mass is 482 g/mol. The summed E-state index contributed by atoms with van der Waals surface area (Å²) in [6, 6.07) is 19.2. The fraction of sp³-hybridized carbons (Fsp3) is 0.370. The third-order valence-electron chi connectivity index (χ3n) is 6.21. The second-order valence-electron chi connectivity index (χ2n) is 8.80. The molecular weight excluding hydrogens is 453 g/mol. The first kappa shape index (κ1) is 25.0. The van der Waals surface area contributed by atoms with E-state index in [2.05, 4.69) is 15.9 Å². The Morgan fingerprint density at radius 1 is 0.943 bits per heavy atom. The lowest BCUT2D eigenvalue weighted by Gasteiger charge is -2.30. The molecule has 0 N–H and O–H groups in total. The molecule has 0 radical (unpaired) electrons. The molecule has 35 heavy (non-hydrogen) atoms. The third kappa shape index (κ3) is 7.18. The number of nitrogens with zero attached hydrogens (tertiary/aromatic N) is 4. The van der Waals surface area contributed by atoms with E-state index in [-0.39, 0.29) is 0 Å². The van der Waals surface area contributed by atoms with E-state index in [0.29, 0.717) is 30.8 Å². The molecule has 0 spiro atoms. The number of benzene rings is 2. The normalized spacial score (nSPS) is 14.8. The van der Waals surface area contributed by atoms with Crippen LogP contribution in [0.5, 0.6) is 0 Å². The number of nitriles is 1. The van der Waals surface area contributed by atoms with Crippen LogP contribution < -0.4 is 0 Å². The van der Waals surface area contributed by atoms with E-state index >= 15 is 0 Å². The summed E-state index contributed by atoms with van der Waals surface area (Å²) >= 11 is 0. The number of ether oxygens (including phenoxy) is 1. The molecule has 5 nitrogen and oxygen atoms in total. The Kier molecular flexibility index (Phi) is 8.24. The highest BCUT2D eigenvalue weighted by atomic mass is 19.4. The highest BCUT2D eigenvalue weighted by Crippen LogP contribution is 2.29. The van der Waals surface area contributed by atoms with Gasteiger partial charge in [0.2, 0.25) is 0 Å². The zero-order valence-electron chi connectivity index (χ0n) is 19.5. The number of aromatic nitrogens is 1. The van der Waals surface area contributed by atoms with Crippen LogP contribution >= 0.6 is 0 Å². The Morgan fingerprint density at radius 2 is 1.71 bits per heavy atom. The SMILES string of the molecule is N#Cc1cccc(CN(CCN2CCOCC2)Cc2cccn2Cc2cccc(C(F)(F)F)c2)c1. The van der Waals surface area contributed by atoms with Crippen molar-refractivity contribution >= 4 is 0 Å². The van der Waals surface area contributed by atoms with Gasteiger partial charge < -0.3 is 9.30 Å². The molecule has 2 heterocycles. The van der Waals surface area contributed by atoms with Crippen LogP contribution in [-0.2, 0) is 30.5 Å². The van der Waals surface area contributed by atoms with Crippen molar-refractivity contribution in [2.24, 2.45) is 0 Å². The smallest absolute Gasteiger partial charge is 0.379 e. The zero-order chi connectivity index (χ0) is 24.7. The summed E-state index contributed by atoms with van der Waals surface area (Å²) < 4.78 is 46.9. The van der Waals surface area contributed by atoms with E-state index in [1.807, 2.05) is 41.1 Å². The van der Waals surface area contributed by atoms with Crippen molar-refractivity contribution in [3.05, 3.63) is 94.8 Å². The molecule has 1 aromatic heterocycles. The summed E-state index contributed by atoms with van der Waals surface area (Å²) in [5.41, 5.74) is 2.69. The highest BCUT2D eigenvalue weighted by Gasteiger charge is 2.30. The Bertz CT molecular complexity index is 1150. The molecule has 1 saturated heterocycles. The number of alkyl halides is 3. The van der Waals surface area contributed by atoms with Crippen LogP contribution in [0, 0.1) is 11.3 Å². The molecule has 1 aliphatic heterocycles. The summed E-state index contributed by atoms with van der Waals surface area (Å²) in [5.74, 6) is 0. The van der Waals surface area contributed by atoms with E-state index in [0.717, 1.165) is 56.7 Å². The molecule has 4 rings (SSSR count). The Morgan fingerprint density at radius 3 is 2.49 bits per heavy atom. The molecule has 3 aromatic rings. The molecule has 0 aliphatic carbocycles. The predicted molar refractivity (Wildman–Crippen MR) is 128 cm³/mol. The predicted octanol–water partition coefficient (Wildman–Crippen LogP) is 4.76. The Balaban J connectivity index is 1.49. The van der Waals surface area contributed by atoms with Crippen LogP contribution in [0.3, 0.4) is 0 Å². The van der Waals surface area contributed by atoms with Gasteiger partial charge in [-0.15, -0.1) is 0 Å². The van der Waals surface area contributed by atoms with Crippen LogP contribution in [0.4, 0.5) is 13.2 Å². The molecule has 0 amide bonds. The van der Waals surface area contributed by atoms with Gasteiger partial charge in [0, 0.05) is 57.7 Å². The lowest BCUT2D eigenvalue weighted by atomic mass is 10.1. The van der Waals surface area contributed by atoms with E-state index in [9.17, 15) is 18.4 Å². The van der Waals surface area contributed by atoms with Crippen molar-refractivity contribution in [2.75, 3.05) is 39.4 Å². The van der Waals surface area contributed by atoms with Crippen LogP contribution in [0.15, 0.2) is 66.9 Å². The van der Waals surface area contributed by atoms with E-state index < -0.39 is 11.7 Å². The molecule has 8 heteroatoms. The number of morpholine rings is 1. The quantitative estimate of drug-likeness (QED) is 0.441. The lowest BCUT2D eigenvalue weighted by Crippen LogP contribution is -2.41. The average Bonchev–Trinajstić information content (AvgIpc) is 3.29. The van der Waals surface area contributed by atoms with E-state index in [1.54, 1.807) is 12.1 Å². The summed E-state index contributed by atoms with van der Waals surface area (Å²) in [6.45, 7) is 6.71. The minimum atomic E-state index is -4.36. The van der Waals surface area contributed by atoms with Gasteiger partial charge in [0.15, 0.2) is 0 Å². The Labute approximate surface area is 203 Å². The number of hydrogen-bond donors (Lipinski definition) is 0. The first-order chi connectivity index (χ1) is 16.9. The minimum Gasteiger partial charge on any atom is -0.379 e. The fourth-order valence-corrected chi connectivity index (χ4v) is 4.34. The highest BCUT2D eigenvalue weighted by molar-refractivity contribution is 5.32. The van der Waals surface area contributed by atoms with Crippen molar-refractivity contribution in [2.45, 2.75) is 25.8 Å². The number of hydrogen-bond acceptors (Lipinski definition) is 4. The summed E-state index contributed by atoms with van der Waals surface area (Å²) in [7, 11) is 0. The van der Waals surface area contributed by atoms with Gasteiger partial charge in [0.25, 0.3) is 0 Å². The summed E-state index contributed by atoms with van der Waals surface area (Å²) in [4.78, 5) is 4.70. The molecule has 2 aromatic carbocycles. The third-order valence-corrected chi connectivity index (χ3v) is 6.21. The van der Waals surface area contributed by atoms with Crippen molar-refractivity contribution in [3.63, 3.8) is 0 Å². The van der Waals surface area contributed by atoms with Gasteiger partial charge in [0.05, 0.1) is 30.4 Å². The molecule has 1 aliphatic rings. The molecule has 0 bridgehead atoms. The Hall–Kier alpha value is -3.12. The second-order valence-corrected chi connectivity index (χ2v) is 8.80. The molecule has 0 unspecified atom stereocenters. The van der Waals surface area contributed by atoms with Crippen molar-refractivity contribution < 1.29 is 17.9 Å². The summed E-state index contributed by atoms with van der Waals surface area (Å²) in [5, 5.41) is 9.27.